The summed E-state index contributed by atoms with van der Waals surface area (Å²) in [4.78, 5) is 17.8. The number of thiazole rings is 1. The van der Waals surface area contributed by atoms with Gasteiger partial charge in [0.2, 0.25) is 0 Å². The fourth-order valence-corrected chi connectivity index (χ4v) is 5.75. The van der Waals surface area contributed by atoms with Gasteiger partial charge in [0.15, 0.2) is 4.80 Å². The minimum atomic E-state index is -3.76. The summed E-state index contributed by atoms with van der Waals surface area (Å²) >= 11 is 7.31. The van der Waals surface area contributed by atoms with Crippen LogP contribution in [0.1, 0.15) is 35.7 Å². The predicted molar refractivity (Wildman–Crippen MR) is 138 cm³/mol. The van der Waals surface area contributed by atoms with Crippen molar-refractivity contribution >= 4 is 54.8 Å². The van der Waals surface area contributed by atoms with Crippen LogP contribution in [0, 0.1) is 0 Å². The van der Waals surface area contributed by atoms with Crippen molar-refractivity contribution in [1.82, 2.24) is 4.57 Å². The van der Waals surface area contributed by atoms with Crippen molar-refractivity contribution in [3.05, 3.63) is 87.7 Å². The van der Waals surface area contributed by atoms with Crippen molar-refractivity contribution in [2.24, 2.45) is 12.0 Å². The third-order valence-corrected chi connectivity index (χ3v) is 8.14. The maximum atomic E-state index is 12.8. The number of carbonyl (C=O) groups excluding carboxylic acids is 1. The van der Waals surface area contributed by atoms with Gasteiger partial charge in [-0.1, -0.05) is 42.3 Å². The van der Waals surface area contributed by atoms with E-state index in [0.29, 0.717) is 21.1 Å². The Kier molecular flexibility index (Phi) is 7.21. The Morgan fingerprint density at radius 3 is 2.44 bits per heavy atom. The Morgan fingerprint density at radius 1 is 1.06 bits per heavy atom. The van der Waals surface area contributed by atoms with E-state index in [2.05, 4.69) is 34.8 Å². The topological polar surface area (TPSA) is 80.5 Å². The van der Waals surface area contributed by atoms with Gasteiger partial charge in [-0.2, -0.15) is 4.99 Å². The second-order valence-electron chi connectivity index (χ2n) is 7.90. The maximum absolute atomic E-state index is 12.8. The highest BCUT2D eigenvalue weighted by Crippen LogP contribution is 2.21. The zero-order chi connectivity index (χ0) is 24.3. The standard InChI is InChI=1S/C25H24ClN3O3S2/c1-3-4-5-17-6-15-22-23(16-17)33-25(29(22)2)27-24(30)18-7-11-20(12-8-18)28-34(31,32)21-13-9-19(26)10-14-21/h6-16,28H,3-5H2,1-2H3. The molecule has 0 aliphatic rings. The second-order valence-corrected chi connectivity index (χ2v) is 11.0. The van der Waals surface area contributed by atoms with E-state index in [0.717, 1.165) is 29.5 Å². The van der Waals surface area contributed by atoms with Gasteiger partial charge in [0.1, 0.15) is 0 Å². The van der Waals surface area contributed by atoms with Crippen LogP contribution in [0.25, 0.3) is 10.2 Å². The molecule has 0 atom stereocenters. The van der Waals surface area contributed by atoms with E-state index < -0.39 is 10.0 Å². The number of carbonyl (C=O) groups is 1. The van der Waals surface area contributed by atoms with Crippen molar-refractivity contribution in [3.63, 3.8) is 0 Å². The third-order valence-electron chi connectivity index (χ3n) is 5.40. The summed E-state index contributed by atoms with van der Waals surface area (Å²) in [6.45, 7) is 2.17. The number of halogens is 1. The van der Waals surface area contributed by atoms with Crippen LogP contribution in [0.4, 0.5) is 5.69 Å². The smallest absolute Gasteiger partial charge is 0.279 e. The van der Waals surface area contributed by atoms with E-state index in [1.54, 1.807) is 24.3 Å². The van der Waals surface area contributed by atoms with Gasteiger partial charge in [-0.15, -0.1) is 0 Å². The van der Waals surface area contributed by atoms with Crippen LogP contribution >= 0.6 is 22.9 Å². The van der Waals surface area contributed by atoms with E-state index in [-0.39, 0.29) is 10.8 Å². The van der Waals surface area contributed by atoms with Crippen molar-refractivity contribution < 1.29 is 13.2 Å². The molecule has 4 rings (SSSR count). The molecule has 1 aromatic heterocycles. The molecule has 34 heavy (non-hydrogen) atoms. The van der Waals surface area contributed by atoms with Gasteiger partial charge >= 0.3 is 0 Å². The number of hydrogen-bond acceptors (Lipinski definition) is 4. The highest BCUT2D eigenvalue weighted by molar-refractivity contribution is 7.92. The normalized spacial score (nSPS) is 12.3. The van der Waals surface area contributed by atoms with E-state index in [4.69, 9.17) is 11.6 Å². The molecule has 1 N–H and O–H groups in total. The maximum Gasteiger partial charge on any atom is 0.279 e. The van der Waals surface area contributed by atoms with Crippen LogP contribution in [-0.2, 0) is 23.5 Å². The largest absolute Gasteiger partial charge is 0.319 e. The predicted octanol–water partition coefficient (Wildman–Crippen LogP) is 5.78. The molecular formula is C25H24ClN3O3S2. The number of fused-ring (bicyclic) bond motifs is 1. The summed E-state index contributed by atoms with van der Waals surface area (Å²) in [5.41, 5.74) is 3.03. The van der Waals surface area contributed by atoms with Crippen molar-refractivity contribution in [2.75, 3.05) is 4.72 Å². The number of sulfonamides is 1. The fourth-order valence-electron chi connectivity index (χ4n) is 3.48. The number of nitrogens with zero attached hydrogens (tertiary/aromatic N) is 2. The average Bonchev–Trinajstić information content (AvgIpc) is 3.12. The molecule has 0 saturated carbocycles. The number of nitrogens with one attached hydrogen (secondary N) is 1. The summed E-state index contributed by atoms with van der Waals surface area (Å²) < 4.78 is 30.6. The van der Waals surface area contributed by atoms with Crippen LogP contribution in [0.5, 0.6) is 0 Å². The lowest BCUT2D eigenvalue weighted by Crippen LogP contribution is -2.14. The molecule has 0 spiro atoms. The molecule has 1 heterocycles. The lowest BCUT2D eigenvalue weighted by molar-refractivity contribution is 0.0998. The monoisotopic (exact) mass is 513 g/mol. The first-order valence-electron chi connectivity index (χ1n) is 10.8. The van der Waals surface area contributed by atoms with Gasteiger partial charge in [0.05, 0.1) is 15.1 Å². The van der Waals surface area contributed by atoms with Crippen LogP contribution in [0.3, 0.4) is 0 Å². The summed E-state index contributed by atoms with van der Waals surface area (Å²) in [5, 5.41) is 0.453. The molecule has 0 saturated heterocycles. The lowest BCUT2D eigenvalue weighted by atomic mass is 10.1. The summed E-state index contributed by atoms with van der Waals surface area (Å²) in [6, 6.07) is 18.5. The summed E-state index contributed by atoms with van der Waals surface area (Å²) in [5.74, 6) is -0.388. The van der Waals surface area contributed by atoms with Crippen molar-refractivity contribution in [3.8, 4) is 0 Å². The highest BCUT2D eigenvalue weighted by atomic mass is 35.5. The van der Waals surface area contributed by atoms with Gasteiger partial charge < -0.3 is 4.57 Å². The Labute approximate surface area is 207 Å². The van der Waals surface area contributed by atoms with Gasteiger partial charge in [0, 0.05) is 23.3 Å². The number of anilines is 1. The molecule has 0 unspecified atom stereocenters. The Balaban J connectivity index is 1.54. The van der Waals surface area contributed by atoms with E-state index >= 15 is 0 Å². The Hall–Kier alpha value is -2.94. The van der Waals surface area contributed by atoms with Crippen LogP contribution in [-0.4, -0.2) is 18.9 Å². The molecule has 0 aliphatic carbocycles. The molecular weight excluding hydrogens is 490 g/mol. The molecule has 0 aliphatic heterocycles. The zero-order valence-electron chi connectivity index (χ0n) is 18.8. The lowest BCUT2D eigenvalue weighted by Gasteiger charge is -2.08. The number of unbranched alkanes of at least 4 members (excludes halogenated alkanes) is 1. The van der Waals surface area contributed by atoms with E-state index in [1.165, 1.54) is 41.2 Å². The van der Waals surface area contributed by atoms with Crippen LogP contribution < -0.4 is 9.52 Å². The van der Waals surface area contributed by atoms with Crippen LogP contribution in [0.15, 0.2) is 76.6 Å². The number of aromatic nitrogens is 1. The second kappa shape index (κ2) is 10.1. The summed E-state index contributed by atoms with van der Waals surface area (Å²) in [6.07, 6.45) is 3.32. The number of rotatable bonds is 7. The SMILES string of the molecule is CCCCc1ccc2c(c1)sc(=NC(=O)c1ccc(NS(=O)(=O)c3ccc(Cl)cc3)cc1)n2C. The average molecular weight is 514 g/mol. The molecule has 3 aromatic carbocycles. The minimum Gasteiger partial charge on any atom is -0.319 e. The first-order chi connectivity index (χ1) is 16.3. The first kappa shape index (κ1) is 24.2. The number of benzene rings is 3. The molecule has 4 aromatic rings. The van der Waals surface area contributed by atoms with Crippen molar-refractivity contribution in [1.29, 1.82) is 0 Å². The Bertz CT molecular complexity index is 1500. The zero-order valence-corrected chi connectivity index (χ0v) is 21.2. The van der Waals surface area contributed by atoms with E-state index in [1.807, 2.05) is 11.6 Å². The highest BCUT2D eigenvalue weighted by Gasteiger charge is 2.14. The molecule has 9 heteroatoms. The molecule has 6 nitrogen and oxygen atoms in total. The van der Waals surface area contributed by atoms with Crippen molar-refractivity contribution in [2.45, 2.75) is 31.1 Å². The molecule has 1 amide bonds. The number of aryl methyl sites for hydroxylation is 2. The Morgan fingerprint density at radius 2 is 1.76 bits per heavy atom. The fraction of sp³-hybridized carbons (Fsp3) is 0.200. The van der Waals surface area contributed by atoms with Gasteiger partial charge in [-0.05, 0) is 79.1 Å². The van der Waals surface area contributed by atoms with E-state index in [9.17, 15) is 13.2 Å². The minimum absolute atomic E-state index is 0.0992. The summed E-state index contributed by atoms with van der Waals surface area (Å²) in [7, 11) is -1.87. The third kappa shape index (κ3) is 5.41. The number of amides is 1. The molecule has 176 valence electrons. The van der Waals surface area contributed by atoms with Gasteiger partial charge in [-0.3, -0.25) is 9.52 Å². The molecule has 0 radical (unpaired) electrons. The van der Waals surface area contributed by atoms with Gasteiger partial charge in [0.25, 0.3) is 15.9 Å². The molecule has 0 bridgehead atoms. The van der Waals surface area contributed by atoms with Crippen LogP contribution in [0.2, 0.25) is 5.02 Å². The first-order valence-corrected chi connectivity index (χ1v) is 13.5. The van der Waals surface area contributed by atoms with Gasteiger partial charge in [-0.25, -0.2) is 8.42 Å². The molecule has 0 fully saturated rings. The quantitative estimate of drug-likeness (QED) is 0.340. The number of hydrogen-bond donors (Lipinski definition) is 1.